The summed E-state index contributed by atoms with van der Waals surface area (Å²) < 4.78 is 54.2. The molecule has 1 aliphatic rings. The molecular formula is C53H98O12S. The minimum absolute atomic E-state index is 0.119. The molecule has 0 saturated carbocycles. The lowest BCUT2D eigenvalue weighted by Crippen LogP contribution is -2.60. The van der Waals surface area contributed by atoms with E-state index >= 15 is 0 Å². The van der Waals surface area contributed by atoms with Crippen LogP contribution in [0.25, 0.3) is 0 Å². The number of ether oxygens (including phenoxy) is 4. The summed E-state index contributed by atoms with van der Waals surface area (Å²) >= 11 is 0. The van der Waals surface area contributed by atoms with Crippen LogP contribution in [0.4, 0.5) is 0 Å². The van der Waals surface area contributed by atoms with Gasteiger partial charge in [-0.15, -0.1) is 0 Å². The second-order valence-electron chi connectivity index (χ2n) is 18.9. The molecule has 1 heterocycles. The SMILES string of the molecule is CCCCCC/C=C/CCCCCCCCCC(=O)OC[C@H](CO[C@H]1O[C@H](CS(=O)(=O)O)[C@@H](O)C(O)C1O)OC(=O)CCC/C=C/CCCCCCCCCCCCCCCCCCCC. The normalized spacial score (nSPS) is 19.5. The first-order valence-electron chi connectivity index (χ1n) is 26.9. The van der Waals surface area contributed by atoms with Gasteiger partial charge < -0.3 is 34.3 Å². The Morgan fingerprint density at radius 2 is 0.879 bits per heavy atom. The summed E-state index contributed by atoms with van der Waals surface area (Å²) in [7, 11) is -4.61. The van der Waals surface area contributed by atoms with Gasteiger partial charge in [0.2, 0.25) is 0 Å². The summed E-state index contributed by atoms with van der Waals surface area (Å²) in [5.41, 5.74) is 0. The van der Waals surface area contributed by atoms with Crippen molar-refractivity contribution in [3.63, 3.8) is 0 Å². The maximum Gasteiger partial charge on any atom is 0.306 e. The fourth-order valence-corrected chi connectivity index (χ4v) is 9.02. The maximum atomic E-state index is 12.9. The Kier molecular flexibility index (Phi) is 40.7. The van der Waals surface area contributed by atoms with E-state index in [-0.39, 0.29) is 19.4 Å². The minimum Gasteiger partial charge on any atom is -0.462 e. The van der Waals surface area contributed by atoms with Crippen LogP contribution in [0.2, 0.25) is 0 Å². The zero-order chi connectivity index (χ0) is 48.4. The summed E-state index contributed by atoms with van der Waals surface area (Å²) in [5, 5.41) is 31.0. The van der Waals surface area contributed by atoms with E-state index < -0.39 is 71.2 Å². The van der Waals surface area contributed by atoms with Gasteiger partial charge in [0.25, 0.3) is 10.1 Å². The van der Waals surface area contributed by atoms with Gasteiger partial charge in [-0.1, -0.05) is 199 Å². The van der Waals surface area contributed by atoms with E-state index in [9.17, 15) is 37.9 Å². The van der Waals surface area contributed by atoms with Crippen molar-refractivity contribution in [2.45, 2.75) is 282 Å². The van der Waals surface area contributed by atoms with Gasteiger partial charge in [-0.3, -0.25) is 14.1 Å². The Bertz CT molecular complexity index is 1310. The standard InChI is InChI=1S/C53H98O12S/c1-3-5-7-9-11-13-15-17-19-20-21-22-23-24-25-26-28-30-32-34-36-38-40-42-49(55)64-46(44-63-53-52(58)51(57)50(56)47(65-53)45-66(59,60)61)43-62-48(54)41-39-37-35-33-31-29-27-18-16-14-12-10-8-6-4-2/h14,16,34,36,46-47,50-53,56-58H,3-13,15,17-33,35,37-45H2,1-2H3,(H,59,60,61)/b16-14+,36-34+/t46-,47-,50-,51?,52?,53+/m1/s1. The van der Waals surface area contributed by atoms with Crippen LogP contribution in [0.5, 0.6) is 0 Å². The second-order valence-corrected chi connectivity index (χ2v) is 20.4. The van der Waals surface area contributed by atoms with Crippen LogP contribution in [0.3, 0.4) is 0 Å². The predicted octanol–water partition coefficient (Wildman–Crippen LogP) is 12.3. The third-order valence-electron chi connectivity index (χ3n) is 12.5. The molecule has 2 unspecified atom stereocenters. The number of esters is 2. The quantitative estimate of drug-likeness (QED) is 0.0196. The Balaban J connectivity index is 2.35. The molecule has 0 spiro atoms. The van der Waals surface area contributed by atoms with Crippen LogP contribution in [-0.4, -0.2) is 96.0 Å². The Labute approximate surface area is 402 Å². The number of allylic oxidation sites excluding steroid dienone is 4. The van der Waals surface area contributed by atoms with E-state index in [1.54, 1.807) is 0 Å². The highest BCUT2D eigenvalue weighted by molar-refractivity contribution is 7.85. The van der Waals surface area contributed by atoms with Crippen molar-refractivity contribution < 1.29 is 56.8 Å². The number of aliphatic hydroxyl groups excluding tert-OH is 3. The summed E-state index contributed by atoms with van der Waals surface area (Å²) in [5.74, 6) is -2.02. The predicted molar refractivity (Wildman–Crippen MR) is 266 cm³/mol. The summed E-state index contributed by atoms with van der Waals surface area (Å²) in [4.78, 5) is 25.5. The Morgan fingerprint density at radius 3 is 1.32 bits per heavy atom. The molecule has 0 bridgehead atoms. The van der Waals surface area contributed by atoms with Crippen molar-refractivity contribution in [2.24, 2.45) is 0 Å². The molecule has 1 rings (SSSR count). The fraction of sp³-hybridized carbons (Fsp3) is 0.887. The molecular weight excluding hydrogens is 861 g/mol. The molecule has 1 saturated heterocycles. The molecule has 1 fully saturated rings. The average molecular weight is 959 g/mol. The number of unbranched alkanes of at least 4 members (excludes halogenated alkanes) is 30. The zero-order valence-electron chi connectivity index (χ0n) is 41.8. The first kappa shape index (κ1) is 62.1. The molecule has 0 aromatic heterocycles. The number of rotatable bonds is 46. The first-order chi connectivity index (χ1) is 32.0. The highest BCUT2D eigenvalue weighted by Gasteiger charge is 2.46. The lowest BCUT2D eigenvalue weighted by molar-refractivity contribution is -0.297. The molecule has 0 radical (unpaired) electrons. The molecule has 4 N–H and O–H groups in total. The zero-order valence-corrected chi connectivity index (χ0v) is 42.6. The van der Waals surface area contributed by atoms with Crippen molar-refractivity contribution in [3.8, 4) is 0 Å². The Hall–Kier alpha value is -1.87. The molecule has 1 aliphatic heterocycles. The molecule has 6 atom stereocenters. The molecule has 388 valence electrons. The van der Waals surface area contributed by atoms with Crippen molar-refractivity contribution in [1.29, 1.82) is 0 Å². The van der Waals surface area contributed by atoms with Crippen molar-refractivity contribution >= 4 is 22.1 Å². The highest BCUT2D eigenvalue weighted by Crippen LogP contribution is 2.24. The van der Waals surface area contributed by atoms with Gasteiger partial charge in [0.15, 0.2) is 12.4 Å². The maximum absolute atomic E-state index is 12.9. The van der Waals surface area contributed by atoms with E-state index in [2.05, 4.69) is 38.2 Å². The molecule has 66 heavy (non-hydrogen) atoms. The first-order valence-corrected chi connectivity index (χ1v) is 28.5. The third kappa shape index (κ3) is 37.1. The van der Waals surface area contributed by atoms with Crippen LogP contribution >= 0.6 is 0 Å². The van der Waals surface area contributed by atoms with Crippen LogP contribution in [0.15, 0.2) is 24.3 Å². The van der Waals surface area contributed by atoms with Crippen LogP contribution in [-0.2, 0) is 38.7 Å². The highest BCUT2D eigenvalue weighted by atomic mass is 32.2. The summed E-state index contributed by atoms with van der Waals surface area (Å²) in [6, 6.07) is 0. The molecule has 0 amide bonds. The lowest BCUT2D eigenvalue weighted by Gasteiger charge is -2.40. The average Bonchev–Trinajstić information content (AvgIpc) is 3.28. The molecule has 0 aliphatic carbocycles. The largest absolute Gasteiger partial charge is 0.462 e. The van der Waals surface area contributed by atoms with E-state index in [0.717, 1.165) is 38.5 Å². The summed E-state index contributed by atoms with van der Waals surface area (Å²) in [6.07, 6.45) is 40.9. The van der Waals surface area contributed by atoms with E-state index in [0.29, 0.717) is 19.3 Å². The van der Waals surface area contributed by atoms with Gasteiger partial charge in [0, 0.05) is 12.8 Å². The fourth-order valence-electron chi connectivity index (χ4n) is 8.32. The number of carbonyl (C=O) groups is 2. The number of aliphatic hydroxyl groups is 3. The smallest absolute Gasteiger partial charge is 0.306 e. The lowest BCUT2D eigenvalue weighted by atomic mass is 10.00. The third-order valence-corrected chi connectivity index (χ3v) is 13.3. The van der Waals surface area contributed by atoms with Gasteiger partial charge in [-0.25, -0.2) is 0 Å². The molecule has 0 aromatic rings. The van der Waals surface area contributed by atoms with Gasteiger partial charge in [0.05, 0.1) is 6.61 Å². The van der Waals surface area contributed by atoms with Gasteiger partial charge in [-0.05, 0) is 57.8 Å². The van der Waals surface area contributed by atoms with Gasteiger partial charge in [0.1, 0.15) is 36.8 Å². The van der Waals surface area contributed by atoms with Gasteiger partial charge >= 0.3 is 11.9 Å². The molecule has 0 aromatic carbocycles. The van der Waals surface area contributed by atoms with E-state index in [4.69, 9.17) is 18.9 Å². The summed E-state index contributed by atoms with van der Waals surface area (Å²) in [6.45, 7) is 3.76. The molecule has 12 nitrogen and oxygen atoms in total. The van der Waals surface area contributed by atoms with Crippen LogP contribution < -0.4 is 0 Å². The van der Waals surface area contributed by atoms with E-state index in [1.807, 2.05) is 0 Å². The van der Waals surface area contributed by atoms with Gasteiger partial charge in [-0.2, -0.15) is 8.42 Å². The second kappa shape index (κ2) is 43.2. The van der Waals surface area contributed by atoms with Crippen LogP contribution in [0, 0.1) is 0 Å². The monoisotopic (exact) mass is 959 g/mol. The van der Waals surface area contributed by atoms with E-state index in [1.165, 1.54) is 161 Å². The molecule has 13 heteroatoms. The van der Waals surface area contributed by atoms with Crippen molar-refractivity contribution in [2.75, 3.05) is 19.0 Å². The number of hydrogen-bond acceptors (Lipinski definition) is 11. The minimum atomic E-state index is -4.61. The topological polar surface area (TPSA) is 186 Å². The Morgan fingerprint density at radius 1 is 0.500 bits per heavy atom. The van der Waals surface area contributed by atoms with Crippen molar-refractivity contribution in [1.82, 2.24) is 0 Å². The van der Waals surface area contributed by atoms with Crippen molar-refractivity contribution in [3.05, 3.63) is 24.3 Å². The number of carbonyl (C=O) groups excluding carboxylic acids is 2. The number of hydrogen-bond donors (Lipinski definition) is 4. The van der Waals surface area contributed by atoms with Crippen LogP contribution in [0.1, 0.15) is 245 Å².